The first kappa shape index (κ1) is 15.4. The molecule has 0 aromatic heterocycles. The number of hydrogen-bond donors (Lipinski definition) is 1. The van der Waals surface area contributed by atoms with Crippen molar-refractivity contribution in [2.75, 3.05) is 25.6 Å². The van der Waals surface area contributed by atoms with Gasteiger partial charge < -0.3 is 14.8 Å². The summed E-state index contributed by atoms with van der Waals surface area (Å²) >= 11 is 0. The number of methoxy groups -OCH3 is 1. The highest BCUT2D eigenvalue weighted by Gasteiger charge is 1.99. The van der Waals surface area contributed by atoms with Crippen molar-refractivity contribution in [3.63, 3.8) is 0 Å². The molecule has 112 valence electrons. The van der Waals surface area contributed by atoms with Crippen molar-refractivity contribution in [2.45, 2.75) is 20.4 Å². The first-order valence-electron chi connectivity index (χ1n) is 7.21. The number of benzene rings is 2. The van der Waals surface area contributed by atoms with Crippen molar-refractivity contribution in [3.8, 4) is 5.75 Å². The zero-order valence-electron chi connectivity index (χ0n) is 13.0. The number of ether oxygens (including phenoxy) is 2. The fraction of sp³-hybridized carbons (Fsp3) is 0.333. The van der Waals surface area contributed by atoms with Crippen LogP contribution in [0.3, 0.4) is 0 Å². The second-order valence-electron chi connectivity index (χ2n) is 5.16. The van der Waals surface area contributed by atoms with Crippen LogP contribution in [0.4, 0.5) is 5.69 Å². The minimum absolute atomic E-state index is 0.580. The lowest BCUT2D eigenvalue weighted by Gasteiger charge is -2.11. The second-order valence-corrected chi connectivity index (χ2v) is 5.16. The maximum atomic E-state index is 5.55. The summed E-state index contributed by atoms with van der Waals surface area (Å²) in [6.45, 7) is 6.23. The predicted molar refractivity (Wildman–Crippen MR) is 87.1 cm³/mol. The van der Waals surface area contributed by atoms with Gasteiger partial charge in [0.15, 0.2) is 0 Å². The molecule has 21 heavy (non-hydrogen) atoms. The Bertz CT molecular complexity index is 564. The number of hydrogen-bond acceptors (Lipinski definition) is 3. The van der Waals surface area contributed by atoms with Gasteiger partial charge in [0.1, 0.15) is 12.4 Å². The summed E-state index contributed by atoms with van der Waals surface area (Å²) in [5.74, 6) is 0.877. The number of nitrogens with one attached hydrogen (secondary N) is 1. The molecule has 2 aromatic carbocycles. The molecule has 0 fully saturated rings. The van der Waals surface area contributed by atoms with Gasteiger partial charge in [0.2, 0.25) is 0 Å². The Kier molecular flexibility index (Phi) is 5.64. The first-order valence-corrected chi connectivity index (χ1v) is 7.21. The summed E-state index contributed by atoms with van der Waals surface area (Å²) in [4.78, 5) is 0. The molecule has 0 radical (unpaired) electrons. The number of anilines is 1. The lowest BCUT2D eigenvalue weighted by atomic mass is 10.1. The Morgan fingerprint density at radius 1 is 0.952 bits per heavy atom. The molecule has 0 atom stereocenters. The highest BCUT2D eigenvalue weighted by molar-refractivity contribution is 5.52. The van der Waals surface area contributed by atoms with E-state index in [0.717, 1.165) is 12.3 Å². The highest BCUT2D eigenvalue weighted by Crippen LogP contribution is 2.18. The second kappa shape index (κ2) is 7.70. The third-order valence-electron chi connectivity index (χ3n) is 3.34. The Balaban J connectivity index is 1.88. The summed E-state index contributed by atoms with van der Waals surface area (Å²) < 4.78 is 10.5. The number of rotatable bonds is 7. The Labute approximate surface area is 126 Å². The molecule has 0 aliphatic heterocycles. The van der Waals surface area contributed by atoms with E-state index in [1.165, 1.54) is 22.4 Å². The van der Waals surface area contributed by atoms with Crippen molar-refractivity contribution in [2.24, 2.45) is 0 Å². The lowest BCUT2D eigenvalue weighted by molar-refractivity contribution is 0.146. The smallest absolute Gasteiger partial charge is 0.119 e. The molecular formula is C18H23NO2. The van der Waals surface area contributed by atoms with Gasteiger partial charge in [-0.25, -0.2) is 0 Å². The molecular weight excluding hydrogens is 262 g/mol. The normalized spacial score (nSPS) is 10.4. The molecule has 0 bridgehead atoms. The van der Waals surface area contributed by atoms with Crippen LogP contribution in [0.15, 0.2) is 42.5 Å². The summed E-state index contributed by atoms with van der Waals surface area (Å²) in [6.07, 6.45) is 0. The molecule has 0 aliphatic carbocycles. The molecule has 0 heterocycles. The molecule has 0 unspecified atom stereocenters. The minimum Gasteiger partial charge on any atom is -0.491 e. The van der Waals surface area contributed by atoms with Crippen LogP contribution in [-0.4, -0.2) is 20.3 Å². The fourth-order valence-corrected chi connectivity index (χ4v) is 2.16. The molecule has 0 spiro atoms. The minimum atomic E-state index is 0.580. The summed E-state index contributed by atoms with van der Waals surface area (Å²) in [5.41, 5.74) is 4.97. The molecule has 1 N–H and O–H groups in total. The molecule has 0 saturated carbocycles. The maximum absolute atomic E-state index is 5.55. The van der Waals surface area contributed by atoms with Gasteiger partial charge in [-0.1, -0.05) is 29.8 Å². The average Bonchev–Trinajstić information content (AvgIpc) is 2.48. The van der Waals surface area contributed by atoms with Gasteiger partial charge in [0.05, 0.1) is 6.61 Å². The molecule has 0 saturated heterocycles. The van der Waals surface area contributed by atoms with Crippen molar-refractivity contribution in [3.05, 3.63) is 59.2 Å². The van der Waals surface area contributed by atoms with Crippen molar-refractivity contribution < 1.29 is 9.47 Å². The van der Waals surface area contributed by atoms with E-state index in [1.807, 2.05) is 12.1 Å². The van der Waals surface area contributed by atoms with E-state index in [2.05, 4.69) is 49.5 Å². The Morgan fingerprint density at radius 2 is 1.71 bits per heavy atom. The fourth-order valence-electron chi connectivity index (χ4n) is 2.16. The standard InChI is InChI=1S/C18H23NO2/c1-14-4-9-18(15(2)12-14)19-13-16-5-7-17(8-6-16)21-11-10-20-3/h4-9,12,19H,10-11,13H2,1-3H3. The van der Waals surface area contributed by atoms with Crippen LogP contribution in [0, 0.1) is 13.8 Å². The topological polar surface area (TPSA) is 30.5 Å². The monoisotopic (exact) mass is 285 g/mol. The maximum Gasteiger partial charge on any atom is 0.119 e. The van der Waals surface area contributed by atoms with E-state index in [1.54, 1.807) is 7.11 Å². The van der Waals surface area contributed by atoms with Crippen LogP contribution < -0.4 is 10.1 Å². The van der Waals surface area contributed by atoms with Crippen LogP contribution in [0.25, 0.3) is 0 Å². The highest BCUT2D eigenvalue weighted by atomic mass is 16.5. The van der Waals surface area contributed by atoms with Crippen molar-refractivity contribution in [1.82, 2.24) is 0 Å². The first-order chi connectivity index (χ1) is 10.2. The Morgan fingerprint density at radius 3 is 2.38 bits per heavy atom. The predicted octanol–water partition coefficient (Wildman–Crippen LogP) is 3.94. The SMILES string of the molecule is COCCOc1ccc(CNc2ccc(C)cc2C)cc1. The third-order valence-corrected chi connectivity index (χ3v) is 3.34. The van der Waals surface area contributed by atoms with E-state index >= 15 is 0 Å². The van der Waals surface area contributed by atoms with Gasteiger partial charge in [0.25, 0.3) is 0 Å². The summed E-state index contributed by atoms with van der Waals surface area (Å²) in [7, 11) is 1.67. The average molecular weight is 285 g/mol. The van der Waals surface area contributed by atoms with E-state index in [0.29, 0.717) is 13.2 Å². The van der Waals surface area contributed by atoms with Crippen LogP contribution >= 0.6 is 0 Å². The van der Waals surface area contributed by atoms with Gasteiger partial charge in [-0.15, -0.1) is 0 Å². The van der Waals surface area contributed by atoms with Crippen LogP contribution in [-0.2, 0) is 11.3 Å². The summed E-state index contributed by atoms with van der Waals surface area (Å²) in [5, 5.41) is 3.47. The van der Waals surface area contributed by atoms with Gasteiger partial charge in [0, 0.05) is 19.3 Å². The van der Waals surface area contributed by atoms with Crippen LogP contribution in [0.1, 0.15) is 16.7 Å². The quantitative estimate of drug-likeness (QED) is 0.782. The van der Waals surface area contributed by atoms with Crippen molar-refractivity contribution in [1.29, 1.82) is 0 Å². The summed E-state index contributed by atoms with van der Waals surface area (Å²) in [6, 6.07) is 14.6. The number of aryl methyl sites for hydroxylation is 2. The van der Waals surface area contributed by atoms with E-state index in [9.17, 15) is 0 Å². The molecule has 2 aromatic rings. The molecule has 0 aliphatic rings. The zero-order chi connectivity index (χ0) is 15.1. The zero-order valence-corrected chi connectivity index (χ0v) is 13.0. The van der Waals surface area contributed by atoms with Crippen LogP contribution in [0.2, 0.25) is 0 Å². The van der Waals surface area contributed by atoms with Crippen LogP contribution in [0.5, 0.6) is 5.75 Å². The Hall–Kier alpha value is -2.00. The largest absolute Gasteiger partial charge is 0.491 e. The molecule has 2 rings (SSSR count). The van der Waals surface area contributed by atoms with Gasteiger partial charge in [-0.2, -0.15) is 0 Å². The van der Waals surface area contributed by atoms with Gasteiger partial charge in [-0.05, 0) is 43.2 Å². The van der Waals surface area contributed by atoms with E-state index < -0.39 is 0 Å². The lowest BCUT2D eigenvalue weighted by Crippen LogP contribution is -2.04. The van der Waals surface area contributed by atoms with E-state index in [4.69, 9.17) is 9.47 Å². The third kappa shape index (κ3) is 4.80. The van der Waals surface area contributed by atoms with Gasteiger partial charge in [-0.3, -0.25) is 0 Å². The molecule has 0 amide bonds. The van der Waals surface area contributed by atoms with Crippen molar-refractivity contribution >= 4 is 5.69 Å². The molecule has 3 heteroatoms. The van der Waals surface area contributed by atoms with Gasteiger partial charge >= 0.3 is 0 Å². The molecule has 3 nitrogen and oxygen atoms in total. The van der Waals surface area contributed by atoms with E-state index in [-0.39, 0.29) is 0 Å².